The third kappa shape index (κ3) is 2.22. The maximum atomic E-state index is 12.0. The predicted molar refractivity (Wildman–Crippen MR) is 55.5 cm³/mol. The number of alkyl halides is 3. The van der Waals surface area contributed by atoms with Crippen LogP contribution in [0.1, 0.15) is 11.7 Å². The molecule has 0 saturated heterocycles. The zero-order valence-electron chi connectivity index (χ0n) is 9.04. The first kappa shape index (κ1) is 12.2. The molecule has 0 aliphatic rings. The highest BCUT2D eigenvalue weighted by Crippen LogP contribution is 2.25. The van der Waals surface area contributed by atoms with Crippen molar-refractivity contribution in [1.82, 2.24) is 9.55 Å². The van der Waals surface area contributed by atoms with Crippen molar-refractivity contribution in [3.05, 3.63) is 28.7 Å². The zero-order valence-corrected chi connectivity index (χ0v) is 9.04. The van der Waals surface area contributed by atoms with E-state index < -0.39 is 23.7 Å². The fourth-order valence-corrected chi connectivity index (χ4v) is 1.60. The van der Waals surface area contributed by atoms with Gasteiger partial charge in [-0.2, -0.15) is 0 Å². The van der Waals surface area contributed by atoms with E-state index >= 15 is 0 Å². The predicted octanol–water partition coefficient (Wildman–Crippen LogP) is 1.89. The van der Waals surface area contributed by atoms with Crippen LogP contribution in [0.2, 0.25) is 0 Å². The molecule has 0 bridgehead atoms. The number of benzene rings is 1. The van der Waals surface area contributed by atoms with Gasteiger partial charge in [-0.15, -0.1) is 13.2 Å². The summed E-state index contributed by atoms with van der Waals surface area (Å²) in [6.45, 7) is 1.18. The molecule has 2 aromatic rings. The summed E-state index contributed by atoms with van der Waals surface area (Å²) in [6, 6.07) is 3.24. The summed E-state index contributed by atoms with van der Waals surface area (Å²) < 4.78 is 40.5. The number of rotatable bonds is 1. The Balaban J connectivity index is 2.55. The minimum absolute atomic E-state index is 0.0944. The molecule has 0 saturated carbocycles. The summed E-state index contributed by atoms with van der Waals surface area (Å²) >= 11 is 0. The Morgan fingerprint density at radius 1 is 1.39 bits per heavy atom. The molecule has 0 unspecified atom stereocenters. The van der Waals surface area contributed by atoms with Crippen LogP contribution >= 0.6 is 0 Å². The van der Waals surface area contributed by atoms with E-state index in [0.717, 1.165) is 16.7 Å². The Labute approximate surface area is 97.8 Å². The number of hydrogen-bond acceptors (Lipinski definition) is 3. The summed E-state index contributed by atoms with van der Waals surface area (Å²) in [5, 5.41) is 0. The molecule has 0 spiro atoms. The van der Waals surface area contributed by atoms with Crippen molar-refractivity contribution in [2.45, 2.75) is 13.3 Å². The van der Waals surface area contributed by atoms with Gasteiger partial charge in [-0.05, 0) is 12.1 Å². The number of H-pyrrole nitrogens is 1. The molecule has 0 fully saturated rings. The summed E-state index contributed by atoms with van der Waals surface area (Å²) in [5.74, 6) is -0.998. The Morgan fingerprint density at radius 2 is 2.06 bits per heavy atom. The molecule has 96 valence electrons. The van der Waals surface area contributed by atoms with Gasteiger partial charge in [0.25, 0.3) is 0 Å². The van der Waals surface area contributed by atoms with Crippen LogP contribution in [-0.2, 0) is 0 Å². The lowest BCUT2D eigenvalue weighted by Crippen LogP contribution is -2.21. The molecule has 2 rings (SSSR count). The summed E-state index contributed by atoms with van der Waals surface area (Å²) in [7, 11) is 0. The molecular weight excluding hydrogens is 253 g/mol. The molecular formula is C10H7F3N2O3. The number of carbonyl (C=O) groups is 1. The Morgan fingerprint density at radius 3 is 2.61 bits per heavy atom. The standard InChI is InChI=1S/C10H7F3N2O3/c1-5(16)15-8-3-2-6(18-10(11,12)13)4-7(8)14-9(15)17/h2-4H,1H3,(H,14,17). The fourth-order valence-electron chi connectivity index (χ4n) is 1.60. The van der Waals surface area contributed by atoms with Crippen molar-refractivity contribution in [3.63, 3.8) is 0 Å². The highest BCUT2D eigenvalue weighted by atomic mass is 19.4. The Kier molecular flexibility index (Phi) is 2.64. The first-order valence-corrected chi connectivity index (χ1v) is 4.79. The van der Waals surface area contributed by atoms with Crippen molar-refractivity contribution >= 4 is 16.9 Å². The minimum atomic E-state index is -4.81. The number of aromatic amines is 1. The molecule has 5 nitrogen and oxygen atoms in total. The number of carbonyl (C=O) groups excluding carboxylic acids is 1. The van der Waals surface area contributed by atoms with E-state index in [2.05, 4.69) is 9.72 Å². The van der Waals surface area contributed by atoms with Crippen molar-refractivity contribution in [2.75, 3.05) is 0 Å². The number of halogens is 3. The molecule has 0 amide bonds. The first-order valence-electron chi connectivity index (χ1n) is 4.79. The van der Waals surface area contributed by atoms with Gasteiger partial charge < -0.3 is 9.72 Å². The number of nitrogens with one attached hydrogen (secondary N) is 1. The first-order chi connectivity index (χ1) is 8.28. The molecule has 18 heavy (non-hydrogen) atoms. The molecule has 1 heterocycles. The molecule has 0 atom stereocenters. The quantitative estimate of drug-likeness (QED) is 0.851. The van der Waals surface area contributed by atoms with Gasteiger partial charge in [-0.1, -0.05) is 0 Å². The third-order valence-corrected chi connectivity index (χ3v) is 2.20. The van der Waals surface area contributed by atoms with Gasteiger partial charge in [-0.25, -0.2) is 9.36 Å². The van der Waals surface area contributed by atoms with Crippen LogP contribution in [0.15, 0.2) is 23.0 Å². The van der Waals surface area contributed by atoms with E-state index in [0.29, 0.717) is 0 Å². The van der Waals surface area contributed by atoms with Crippen LogP contribution in [0.25, 0.3) is 11.0 Å². The molecule has 8 heteroatoms. The van der Waals surface area contributed by atoms with Crippen molar-refractivity contribution < 1.29 is 22.7 Å². The molecule has 1 aromatic heterocycles. The van der Waals surface area contributed by atoms with Gasteiger partial charge in [0.05, 0.1) is 11.0 Å². The van der Waals surface area contributed by atoms with Crippen molar-refractivity contribution in [2.24, 2.45) is 0 Å². The number of imidazole rings is 1. The second-order valence-corrected chi connectivity index (χ2v) is 3.51. The molecule has 0 radical (unpaired) electrons. The van der Waals surface area contributed by atoms with Crippen molar-refractivity contribution in [3.8, 4) is 5.75 Å². The van der Waals surface area contributed by atoms with Gasteiger partial charge in [-0.3, -0.25) is 4.79 Å². The SMILES string of the molecule is CC(=O)n1c(=O)[nH]c2cc(OC(F)(F)F)ccc21. The monoisotopic (exact) mass is 260 g/mol. The van der Waals surface area contributed by atoms with E-state index in [1.165, 1.54) is 13.0 Å². The summed E-state index contributed by atoms with van der Waals surface area (Å²) in [4.78, 5) is 24.9. The highest BCUT2D eigenvalue weighted by molar-refractivity contribution is 5.89. The maximum absolute atomic E-state index is 12.0. The van der Waals surface area contributed by atoms with E-state index in [-0.39, 0.29) is 11.0 Å². The molecule has 0 aliphatic heterocycles. The van der Waals surface area contributed by atoms with Gasteiger partial charge in [0.1, 0.15) is 5.75 Å². The topological polar surface area (TPSA) is 64.1 Å². The van der Waals surface area contributed by atoms with Gasteiger partial charge >= 0.3 is 12.1 Å². The lowest BCUT2D eigenvalue weighted by Gasteiger charge is -2.08. The van der Waals surface area contributed by atoms with E-state index in [1.54, 1.807) is 0 Å². The van der Waals surface area contributed by atoms with Gasteiger partial charge in [0, 0.05) is 13.0 Å². The second kappa shape index (κ2) is 3.90. The number of ether oxygens (including phenoxy) is 1. The van der Waals surface area contributed by atoms with Crippen LogP contribution < -0.4 is 10.4 Å². The molecule has 1 N–H and O–H groups in total. The number of aromatic nitrogens is 2. The van der Waals surface area contributed by atoms with Crippen LogP contribution in [-0.4, -0.2) is 21.8 Å². The Bertz CT molecular complexity index is 669. The maximum Gasteiger partial charge on any atom is 0.573 e. The number of nitrogens with zero attached hydrogens (tertiary/aromatic N) is 1. The molecule has 1 aromatic carbocycles. The number of hydrogen-bond donors (Lipinski definition) is 1. The van der Waals surface area contributed by atoms with Crippen LogP contribution in [0.5, 0.6) is 5.75 Å². The fraction of sp³-hybridized carbons (Fsp3) is 0.200. The second-order valence-electron chi connectivity index (χ2n) is 3.51. The van der Waals surface area contributed by atoms with E-state index in [1.807, 2.05) is 0 Å². The highest BCUT2D eigenvalue weighted by Gasteiger charge is 2.31. The lowest BCUT2D eigenvalue weighted by atomic mass is 10.3. The van der Waals surface area contributed by atoms with E-state index in [9.17, 15) is 22.8 Å². The lowest BCUT2D eigenvalue weighted by molar-refractivity contribution is -0.274. The summed E-state index contributed by atoms with van der Waals surface area (Å²) in [6.07, 6.45) is -4.81. The third-order valence-electron chi connectivity index (χ3n) is 2.20. The van der Waals surface area contributed by atoms with Gasteiger partial charge in [0.2, 0.25) is 5.91 Å². The zero-order chi connectivity index (χ0) is 13.5. The smallest absolute Gasteiger partial charge is 0.406 e. The van der Waals surface area contributed by atoms with Gasteiger partial charge in [0.15, 0.2) is 0 Å². The normalized spacial score (nSPS) is 11.8. The summed E-state index contributed by atoms with van der Waals surface area (Å²) in [5.41, 5.74) is -0.416. The van der Waals surface area contributed by atoms with Crippen LogP contribution in [0.4, 0.5) is 13.2 Å². The van der Waals surface area contributed by atoms with Crippen molar-refractivity contribution in [1.29, 1.82) is 0 Å². The molecule has 0 aliphatic carbocycles. The van der Waals surface area contributed by atoms with Crippen LogP contribution in [0, 0.1) is 0 Å². The largest absolute Gasteiger partial charge is 0.573 e. The average molecular weight is 260 g/mol. The van der Waals surface area contributed by atoms with E-state index in [4.69, 9.17) is 0 Å². The number of fused-ring (bicyclic) bond motifs is 1. The Hall–Kier alpha value is -2.25. The average Bonchev–Trinajstić information content (AvgIpc) is 2.50. The minimum Gasteiger partial charge on any atom is -0.406 e. The van der Waals surface area contributed by atoms with Crippen LogP contribution in [0.3, 0.4) is 0 Å².